The van der Waals surface area contributed by atoms with Crippen LogP contribution in [0.3, 0.4) is 0 Å². The summed E-state index contributed by atoms with van der Waals surface area (Å²) in [4.78, 5) is 24.3. The Morgan fingerprint density at radius 3 is 2.83 bits per heavy atom. The van der Waals surface area contributed by atoms with Crippen molar-refractivity contribution >= 4 is 11.8 Å². The third kappa shape index (κ3) is 5.51. The van der Waals surface area contributed by atoms with Crippen molar-refractivity contribution in [1.82, 2.24) is 4.90 Å². The van der Waals surface area contributed by atoms with Gasteiger partial charge in [-0.2, -0.15) is 0 Å². The van der Waals surface area contributed by atoms with Gasteiger partial charge in [0.05, 0.1) is 4.92 Å². The van der Waals surface area contributed by atoms with E-state index in [1.54, 1.807) is 17.0 Å². The Hall–Kier alpha value is -2.11. The molecule has 0 radical (unpaired) electrons. The first-order valence-electron chi connectivity index (χ1n) is 8.46. The topological polar surface area (TPSA) is 72.7 Å². The number of nitrogens with zero attached hydrogens (tertiary/aromatic N) is 2. The van der Waals surface area contributed by atoms with Gasteiger partial charge in [-0.05, 0) is 57.9 Å². The molecule has 6 heteroatoms. The fraction of sp³-hybridized carbons (Fsp3) is 0.611. The number of hydrogen-bond donors (Lipinski definition) is 0. The lowest BCUT2D eigenvalue weighted by Crippen LogP contribution is -2.35. The summed E-state index contributed by atoms with van der Waals surface area (Å²) < 4.78 is 5.40. The number of benzene rings is 1. The van der Waals surface area contributed by atoms with Gasteiger partial charge in [-0.3, -0.25) is 10.1 Å². The van der Waals surface area contributed by atoms with E-state index in [-0.39, 0.29) is 16.7 Å². The van der Waals surface area contributed by atoms with Crippen LogP contribution >= 0.6 is 0 Å². The fourth-order valence-electron chi connectivity index (χ4n) is 2.98. The predicted octanol–water partition coefficient (Wildman–Crippen LogP) is 4.17. The van der Waals surface area contributed by atoms with Gasteiger partial charge in [0.1, 0.15) is 5.60 Å². The lowest BCUT2D eigenvalue weighted by molar-refractivity contribution is -0.384. The molecule has 24 heavy (non-hydrogen) atoms. The summed E-state index contributed by atoms with van der Waals surface area (Å²) in [7, 11) is 0. The summed E-state index contributed by atoms with van der Waals surface area (Å²) in [6.45, 7) is 7.10. The van der Waals surface area contributed by atoms with Crippen LogP contribution in [-0.2, 0) is 11.2 Å². The number of rotatable bonds is 5. The van der Waals surface area contributed by atoms with E-state index in [1.807, 2.05) is 26.8 Å². The Morgan fingerprint density at radius 2 is 2.17 bits per heavy atom. The zero-order chi connectivity index (χ0) is 17.7. The number of hydrogen-bond acceptors (Lipinski definition) is 4. The minimum Gasteiger partial charge on any atom is -0.444 e. The molecule has 2 rings (SSSR count). The van der Waals surface area contributed by atoms with E-state index >= 15 is 0 Å². The first-order chi connectivity index (χ1) is 11.2. The summed E-state index contributed by atoms with van der Waals surface area (Å²) in [5, 5.41) is 10.8. The van der Waals surface area contributed by atoms with Gasteiger partial charge in [0, 0.05) is 25.2 Å². The van der Waals surface area contributed by atoms with Crippen molar-refractivity contribution in [3.63, 3.8) is 0 Å². The first-order valence-corrected chi connectivity index (χ1v) is 8.46. The van der Waals surface area contributed by atoms with Crippen molar-refractivity contribution in [3.8, 4) is 0 Å². The van der Waals surface area contributed by atoms with Crippen LogP contribution in [0.4, 0.5) is 10.5 Å². The highest BCUT2D eigenvalue weighted by molar-refractivity contribution is 5.68. The molecule has 1 aromatic rings. The van der Waals surface area contributed by atoms with Gasteiger partial charge in [0.25, 0.3) is 5.69 Å². The lowest BCUT2D eigenvalue weighted by Gasteiger charge is -2.24. The largest absolute Gasteiger partial charge is 0.444 e. The van der Waals surface area contributed by atoms with Crippen molar-refractivity contribution in [2.24, 2.45) is 5.92 Å². The normalized spacial score (nSPS) is 17.8. The zero-order valence-corrected chi connectivity index (χ0v) is 14.7. The summed E-state index contributed by atoms with van der Waals surface area (Å²) in [5.41, 5.74) is 0.674. The van der Waals surface area contributed by atoms with Crippen molar-refractivity contribution in [2.75, 3.05) is 13.1 Å². The van der Waals surface area contributed by atoms with Crippen molar-refractivity contribution < 1.29 is 14.5 Å². The molecule has 0 aromatic heterocycles. The number of nitro groups is 1. The number of ether oxygens (including phenoxy) is 1. The Kier molecular flexibility index (Phi) is 5.80. The van der Waals surface area contributed by atoms with Crippen molar-refractivity contribution in [2.45, 2.75) is 52.1 Å². The number of aryl methyl sites for hydroxylation is 1. The van der Waals surface area contributed by atoms with Crippen molar-refractivity contribution in [3.05, 3.63) is 39.9 Å². The molecule has 1 amide bonds. The minimum atomic E-state index is -0.461. The molecule has 1 heterocycles. The van der Waals surface area contributed by atoms with Crippen LogP contribution in [-0.4, -0.2) is 34.6 Å². The van der Waals surface area contributed by atoms with E-state index in [0.717, 1.165) is 44.3 Å². The maximum Gasteiger partial charge on any atom is 0.410 e. The van der Waals surface area contributed by atoms with Gasteiger partial charge in [-0.1, -0.05) is 12.1 Å². The summed E-state index contributed by atoms with van der Waals surface area (Å²) >= 11 is 0. The van der Waals surface area contributed by atoms with Gasteiger partial charge in [-0.25, -0.2) is 4.79 Å². The maximum absolute atomic E-state index is 12.0. The first kappa shape index (κ1) is 18.2. The molecule has 1 atom stereocenters. The molecule has 0 N–H and O–H groups in total. The smallest absolute Gasteiger partial charge is 0.410 e. The number of nitro benzene ring substituents is 1. The Bertz CT molecular complexity index is 595. The summed E-state index contributed by atoms with van der Waals surface area (Å²) in [5.74, 6) is 0.483. The molecule has 1 aliphatic rings. The number of carbonyl (C=O) groups excluding carboxylic acids is 1. The molecule has 6 nitrogen and oxygen atoms in total. The molecule has 1 unspecified atom stereocenters. The molecular formula is C18H26N2O4. The highest BCUT2D eigenvalue weighted by atomic mass is 16.6. The predicted molar refractivity (Wildman–Crippen MR) is 91.9 cm³/mol. The number of likely N-dealkylation sites (tertiary alicyclic amines) is 1. The molecule has 0 bridgehead atoms. The molecule has 0 saturated carbocycles. The number of amides is 1. The van der Waals surface area contributed by atoms with E-state index in [1.165, 1.54) is 6.07 Å². The van der Waals surface area contributed by atoms with Crippen LogP contribution < -0.4 is 0 Å². The fourth-order valence-corrected chi connectivity index (χ4v) is 2.98. The molecule has 1 aliphatic heterocycles. The number of non-ortho nitro benzene ring substituents is 1. The average molecular weight is 334 g/mol. The second-order valence-electron chi connectivity index (χ2n) is 7.40. The van der Waals surface area contributed by atoms with E-state index in [4.69, 9.17) is 4.74 Å². The van der Waals surface area contributed by atoms with Crippen LogP contribution in [0.1, 0.15) is 45.6 Å². The van der Waals surface area contributed by atoms with Gasteiger partial charge in [0.2, 0.25) is 0 Å². The molecule has 1 saturated heterocycles. The zero-order valence-electron chi connectivity index (χ0n) is 14.7. The number of carbonyl (C=O) groups is 1. The van der Waals surface area contributed by atoms with E-state index in [9.17, 15) is 14.9 Å². The van der Waals surface area contributed by atoms with E-state index in [0.29, 0.717) is 5.92 Å². The van der Waals surface area contributed by atoms with Gasteiger partial charge in [0.15, 0.2) is 0 Å². The van der Waals surface area contributed by atoms with Crippen LogP contribution in [0, 0.1) is 16.0 Å². The quantitative estimate of drug-likeness (QED) is 0.598. The van der Waals surface area contributed by atoms with Gasteiger partial charge in [-0.15, -0.1) is 0 Å². The van der Waals surface area contributed by atoms with Crippen LogP contribution in [0.5, 0.6) is 0 Å². The van der Waals surface area contributed by atoms with E-state index in [2.05, 4.69) is 0 Å². The van der Waals surface area contributed by atoms with Crippen LogP contribution in [0.15, 0.2) is 24.3 Å². The highest BCUT2D eigenvalue weighted by Gasteiger charge is 2.29. The molecule has 0 spiro atoms. The van der Waals surface area contributed by atoms with Gasteiger partial charge < -0.3 is 9.64 Å². The third-order valence-corrected chi connectivity index (χ3v) is 4.14. The van der Waals surface area contributed by atoms with Crippen molar-refractivity contribution in [1.29, 1.82) is 0 Å². The summed E-state index contributed by atoms with van der Waals surface area (Å²) in [6, 6.07) is 6.81. The standard InChI is InChI=1S/C18H26N2O4/c1-18(2,3)24-17(21)19-11-10-15(13-19)8-4-6-14-7-5-9-16(12-14)20(22)23/h5,7,9,12,15H,4,6,8,10-11,13H2,1-3H3. The molecule has 132 valence electrons. The SMILES string of the molecule is CC(C)(C)OC(=O)N1CCC(CCCc2cccc([N+](=O)[O-])c2)C1. The molecular weight excluding hydrogens is 308 g/mol. The van der Waals surface area contributed by atoms with Gasteiger partial charge >= 0.3 is 6.09 Å². The Labute approximate surface area is 142 Å². The Morgan fingerprint density at radius 1 is 1.42 bits per heavy atom. The molecule has 1 fully saturated rings. The average Bonchev–Trinajstić information content (AvgIpc) is 2.95. The lowest BCUT2D eigenvalue weighted by atomic mass is 9.99. The summed E-state index contributed by atoms with van der Waals surface area (Å²) in [6.07, 6.45) is 3.57. The highest BCUT2D eigenvalue weighted by Crippen LogP contribution is 2.24. The van der Waals surface area contributed by atoms with Crippen LogP contribution in [0.25, 0.3) is 0 Å². The molecule has 1 aromatic carbocycles. The van der Waals surface area contributed by atoms with E-state index < -0.39 is 5.60 Å². The Balaban J connectivity index is 1.75. The van der Waals surface area contributed by atoms with Crippen LogP contribution in [0.2, 0.25) is 0 Å². The molecule has 0 aliphatic carbocycles. The second kappa shape index (κ2) is 7.64. The maximum atomic E-state index is 12.0. The third-order valence-electron chi connectivity index (χ3n) is 4.14. The minimum absolute atomic E-state index is 0.143. The second-order valence-corrected chi connectivity index (χ2v) is 7.40. The monoisotopic (exact) mass is 334 g/mol.